The summed E-state index contributed by atoms with van der Waals surface area (Å²) in [6, 6.07) is 13.8. The fourth-order valence-electron chi connectivity index (χ4n) is 3.27. The second-order valence-corrected chi connectivity index (χ2v) is 6.06. The maximum Gasteiger partial charge on any atom is 0.389 e. The molecule has 5 heteroatoms. The SMILES string of the molecule is FC(F)(F)CC[C@H](c1ccc2ccccc2c1)N1CCNCC1. The minimum atomic E-state index is -4.11. The Labute approximate surface area is 134 Å². The van der Waals surface area contributed by atoms with Crippen LogP contribution in [0.3, 0.4) is 0 Å². The maximum absolute atomic E-state index is 12.7. The average molecular weight is 322 g/mol. The Balaban J connectivity index is 1.88. The van der Waals surface area contributed by atoms with E-state index in [9.17, 15) is 13.2 Å². The lowest BCUT2D eigenvalue weighted by atomic mass is 9.96. The monoisotopic (exact) mass is 322 g/mol. The highest BCUT2D eigenvalue weighted by atomic mass is 19.4. The predicted molar refractivity (Wildman–Crippen MR) is 86.4 cm³/mol. The van der Waals surface area contributed by atoms with Crippen LogP contribution < -0.4 is 5.32 Å². The van der Waals surface area contributed by atoms with E-state index < -0.39 is 12.6 Å². The van der Waals surface area contributed by atoms with Gasteiger partial charge in [-0.1, -0.05) is 36.4 Å². The smallest absolute Gasteiger partial charge is 0.314 e. The van der Waals surface area contributed by atoms with Gasteiger partial charge in [-0.2, -0.15) is 13.2 Å². The van der Waals surface area contributed by atoms with Gasteiger partial charge in [-0.05, 0) is 28.8 Å². The van der Waals surface area contributed by atoms with Crippen molar-refractivity contribution < 1.29 is 13.2 Å². The van der Waals surface area contributed by atoms with Gasteiger partial charge in [0.05, 0.1) is 0 Å². The molecule has 0 unspecified atom stereocenters. The Morgan fingerprint density at radius 1 is 1.00 bits per heavy atom. The Morgan fingerprint density at radius 3 is 2.39 bits per heavy atom. The Bertz CT molecular complexity index is 648. The number of hydrogen-bond acceptors (Lipinski definition) is 2. The van der Waals surface area contributed by atoms with Crippen LogP contribution in [0, 0.1) is 0 Å². The Morgan fingerprint density at radius 2 is 1.70 bits per heavy atom. The third kappa shape index (κ3) is 4.24. The fourth-order valence-corrected chi connectivity index (χ4v) is 3.27. The molecule has 2 aromatic rings. The summed E-state index contributed by atoms with van der Waals surface area (Å²) in [5.41, 5.74) is 0.981. The molecule has 0 spiro atoms. The summed E-state index contributed by atoms with van der Waals surface area (Å²) in [7, 11) is 0. The van der Waals surface area contributed by atoms with E-state index >= 15 is 0 Å². The lowest BCUT2D eigenvalue weighted by Gasteiger charge is -2.35. The number of fused-ring (bicyclic) bond motifs is 1. The molecule has 0 bridgehead atoms. The molecule has 124 valence electrons. The van der Waals surface area contributed by atoms with Gasteiger partial charge in [-0.25, -0.2) is 0 Å². The van der Waals surface area contributed by atoms with Crippen molar-refractivity contribution >= 4 is 10.8 Å². The van der Waals surface area contributed by atoms with E-state index in [2.05, 4.69) is 10.2 Å². The largest absolute Gasteiger partial charge is 0.389 e. The highest BCUT2D eigenvalue weighted by molar-refractivity contribution is 5.83. The molecule has 1 saturated heterocycles. The molecule has 0 aliphatic carbocycles. The molecule has 2 aromatic carbocycles. The molecule has 0 aromatic heterocycles. The molecule has 3 rings (SSSR count). The highest BCUT2D eigenvalue weighted by Crippen LogP contribution is 2.33. The van der Waals surface area contributed by atoms with Crippen LogP contribution in [0.4, 0.5) is 13.2 Å². The van der Waals surface area contributed by atoms with Crippen LogP contribution in [-0.4, -0.2) is 37.3 Å². The number of hydrogen-bond donors (Lipinski definition) is 1. The van der Waals surface area contributed by atoms with E-state index in [0.29, 0.717) is 0 Å². The fraction of sp³-hybridized carbons (Fsp3) is 0.444. The molecule has 1 fully saturated rings. The molecule has 1 N–H and O–H groups in total. The first-order valence-corrected chi connectivity index (χ1v) is 8.03. The zero-order chi connectivity index (χ0) is 16.3. The summed E-state index contributed by atoms with van der Waals surface area (Å²) in [5.74, 6) is 0. The zero-order valence-corrected chi connectivity index (χ0v) is 12.9. The molecule has 1 atom stereocenters. The first-order valence-electron chi connectivity index (χ1n) is 8.03. The molecule has 1 aliphatic heterocycles. The van der Waals surface area contributed by atoms with Crippen molar-refractivity contribution in [2.75, 3.05) is 26.2 Å². The van der Waals surface area contributed by atoms with Crippen LogP contribution in [0.1, 0.15) is 24.4 Å². The molecule has 0 saturated carbocycles. The van der Waals surface area contributed by atoms with Crippen molar-refractivity contribution in [2.45, 2.75) is 25.1 Å². The second-order valence-electron chi connectivity index (χ2n) is 6.06. The minimum Gasteiger partial charge on any atom is -0.314 e. The molecular formula is C18H21F3N2. The van der Waals surface area contributed by atoms with Crippen LogP contribution in [-0.2, 0) is 0 Å². The minimum absolute atomic E-state index is 0.113. The van der Waals surface area contributed by atoms with E-state index in [1.807, 2.05) is 42.5 Å². The van der Waals surface area contributed by atoms with Gasteiger partial charge in [0.2, 0.25) is 0 Å². The predicted octanol–water partition coefficient (Wildman–Crippen LogP) is 4.13. The standard InChI is InChI=1S/C18H21F3N2/c19-18(20,21)8-7-17(23-11-9-22-10-12-23)16-6-5-14-3-1-2-4-15(14)13-16/h1-6,13,17,22H,7-12H2/t17-/m1/s1. The molecule has 23 heavy (non-hydrogen) atoms. The van der Waals surface area contributed by atoms with Gasteiger partial charge in [0, 0.05) is 38.6 Å². The van der Waals surface area contributed by atoms with E-state index in [4.69, 9.17) is 0 Å². The lowest BCUT2D eigenvalue weighted by Crippen LogP contribution is -2.45. The highest BCUT2D eigenvalue weighted by Gasteiger charge is 2.31. The molecular weight excluding hydrogens is 301 g/mol. The van der Waals surface area contributed by atoms with Gasteiger partial charge in [-0.3, -0.25) is 4.90 Å². The summed E-state index contributed by atoms with van der Waals surface area (Å²) < 4.78 is 38.2. The van der Waals surface area contributed by atoms with Crippen molar-refractivity contribution in [3.8, 4) is 0 Å². The van der Waals surface area contributed by atoms with E-state index in [1.54, 1.807) is 0 Å². The maximum atomic E-state index is 12.7. The van der Waals surface area contributed by atoms with Gasteiger partial charge in [-0.15, -0.1) is 0 Å². The topological polar surface area (TPSA) is 15.3 Å². The third-order valence-electron chi connectivity index (χ3n) is 4.45. The van der Waals surface area contributed by atoms with Gasteiger partial charge in [0.15, 0.2) is 0 Å². The van der Waals surface area contributed by atoms with Crippen molar-refractivity contribution in [1.82, 2.24) is 10.2 Å². The van der Waals surface area contributed by atoms with E-state index in [1.165, 1.54) is 0 Å². The van der Waals surface area contributed by atoms with Crippen LogP contribution in [0.15, 0.2) is 42.5 Å². The summed E-state index contributed by atoms with van der Waals surface area (Å²) in [6.45, 7) is 3.23. The van der Waals surface area contributed by atoms with Crippen molar-refractivity contribution in [1.29, 1.82) is 0 Å². The van der Waals surface area contributed by atoms with Gasteiger partial charge >= 0.3 is 6.18 Å². The van der Waals surface area contributed by atoms with Crippen molar-refractivity contribution in [2.24, 2.45) is 0 Å². The number of piperazine rings is 1. The van der Waals surface area contributed by atoms with E-state index in [0.717, 1.165) is 42.5 Å². The second kappa shape index (κ2) is 6.89. The quantitative estimate of drug-likeness (QED) is 0.910. The molecule has 1 heterocycles. The van der Waals surface area contributed by atoms with Crippen LogP contribution in [0.2, 0.25) is 0 Å². The normalized spacial score (nSPS) is 18.2. The average Bonchev–Trinajstić information content (AvgIpc) is 2.55. The Hall–Kier alpha value is -1.59. The zero-order valence-electron chi connectivity index (χ0n) is 12.9. The number of benzene rings is 2. The summed E-state index contributed by atoms with van der Waals surface area (Å²) in [6.07, 6.45) is -4.74. The van der Waals surface area contributed by atoms with Gasteiger partial charge < -0.3 is 5.32 Å². The van der Waals surface area contributed by atoms with Crippen LogP contribution in [0.25, 0.3) is 10.8 Å². The van der Waals surface area contributed by atoms with Crippen LogP contribution >= 0.6 is 0 Å². The van der Waals surface area contributed by atoms with Crippen LogP contribution in [0.5, 0.6) is 0 Å². The number of halogens is 3. The lowest BCUT2D eigenvalue weighted by molar-refractivity contribution is -0.138. The molecule has 2 nitrogen and oxygen atoms in total. The first-order chi connectivity index (χ1) is 11.0. The van der Waals surface area contributed by atoms with Crippen molar-refractivity contribution in [3.63, 3.8) is 0 Å². The van der Waals surface area contributed by atoms with Crippen molar-refractivity contribution in [3.05, 3.63) is 48.0 Å². The number of alkyl halides is 3. The summed E-state index contributed by atoms with van der Waals surface area (Å²) in [4.78, 5) is 2.17. The molecule has 0 radical (unpaired) electrons. The number of rotatable bonds is 4. The molecule has 0 amide bonds. The van der Waals surface area contributed by atoms with Gasteiger partial charge in [0.1, 0.15) is 0 Å². The Kier molecular flexibility index (Phi) is 4.87. The third-order valence-corrected chi connectivity index (χ3v) is 4.45. The first kappa shape index (κ1) is 16.3. The summed E-state index contributed by atoms with van der Waals surface area (Å²) >= 11 is 0. The number of nitrogens with zero attached hydrogens (tertiary/aromatic N) is 1. The number of nitrogens with one attached hydrogen (secondary N) is 1. The summed E-state index contributed by atoms with van der Waals surface area (Å²) in [5, 5.41) is 5.46. The molecule has 1 aliphatic rings. The van der Waals surface area contributed by atoms with Gasteiger partial charge in [0.25, 0.3) is 0 Å². The van der Waals surface area contributed by atoms with E-state index in [-0.39, 0.29) is 12.5 Å².